The lowest BCUT2D eigenvalue weighted by molar-refractivity contribution is -0.432. The third kappa shape index (κ3) is 8.10. The van der Waals surface area contributed by atoms with E-state index in [-0.39, 0.29) is 11.5 Å². The number of hydrogen-bond acceptors (Lipinski definition) is 9. The molecule has 1 aromatic heterocycles. The van der Waals surface area contributed by atoms with E-state index in [4.69, 9.17) is 9.99 Å². The maximum atomic E-state index is 12.7. The molecular weight excluding hydrogens is 520 g/mol. The highest BCUT2D eigenvalue weighted by atomic mass is 32.2. The van der Waals surface area contributed by atoms with Crippen molar-refractivity contribution in [1.82, 2.24) is 14.3 Å². The van der Waals surface area contributed by atoms with E-state index in [2.05, 4.69) is 21.2 Å². The fraction of sp³-hybridized carbons (Fsp3) is 0.464. The molecule has 11 heteroatoms. The van der Waals surface area contributed by atoms with Crippen LogP contribution >= 0.6 is 12.0 Å². The van der Waals surface area contributed by atoms with E-state index in [1.54, 1.807) is 28.4 Å². The van der Waals surface area contributed by atoms with Crippen LogP contribution in [-0.2, 0) is 22.0 Å². The highest BCUT2D eigenvalue weighted by Crippen LogP contribution is 2.35. The summed E-state index contributed by atoms with van der Waals surface area (Å²) in [6.45, 7) is 6.83. The minimum Gasteiger partial charge on any atom is -0.497 e. The Morgan fingerprint density at radius 3 is 2.33 bits per heavy atom. The molecule has 0 amide bonds. The van der Waals surface area contributed by atoms with Gasteiger partial charge in [-0.05, 0) is 57.3 Å². The summed E-state index contributed by atoms with van der Waals surface area (Å²) in [4.78, 5) is 16.5. The third-order valence-electron chi connectivity index (χ3n) is 6.79. The highest BCUT2D eigenvalue weighted by Gasteiger charge is 2.34. The molecule has 0 aliphatic heterocycles. The lowest BCUT2D eigenvalue weighted by atomic mass is 9.80. The Hall–Kier alpha value is -2.80. The molecule has 2 N–H and O–H groups in total. The van der Waals surface area contributed by atoms with Crippen LogP contribution < -0.4 is 15.2 Å². The second-order valence-corrected chi connectivity index (χ2v) is 10.3. The van der Waals surface area contributed by atoms with Crippen LogP contribution in [0.1, 0.15) is 31.5 Å². The van der Waals surface area contributed by atoms with Gasteiger partial charge in [0, 0.05) is 26.6 Å². The first-order valence-corrected chi connectivity index (χ1v) is 13.6. The number of anilines is 1. The second-order valence-electron chi connectivity index (χ2n) is 9.67. The molecule has 216 valence electrons. The van der Waals surface area contributed by atoms with Gasteiger partial charge >= 0.3 is 0 Å². The van der Waals surface area contributed by atoms with Gasteiger partial charge in [-0.15, -0.1) is 4.33 Å². The minimum absolute atomic E-state index is 0.116. The van der Waals surface area contributed by atoms with Crippen molar-refractivity contribution in [3.05, 3.63) is 76.2 Å². The summed E-state index contributed by atoms with van der Waals surface area (Å²) in [6, 6.07) is 17.1. The molecule has 39 heavy (non-hydrogen) atoms. The van der Waals surface area contributed by atoms with Crippen molar-refractivity contribution in [2.75, 3.05) is 45.6 Å². The van der Waals surface area contributed by atoms with Gasteiger partial charge in [0.05, 0.1) is 42.0 Å². The zero-order valence-electron chi connectivity index (χ0n) is 24.1. The number of aliphatic hydroxyl groups is 1. The van der Waals surface area contributed by atoms with Crippen LogP contribution in [0, 0.1) is 12.8 Å². The Morgan fingerprint density at radius 1 is 1.10 bits per heavy atom. The van der Waals surface area contributed by atoms with Crippen molar-refractivity contribution in [2.45, 2.75) is 32.8 Å². The SMILES string of the molecule is CC[C@](O)(c1cccc(OC)c1)[C@H](C)CN(C)C.Cc1c(N(C)CSOOO)c(=O)n(-c2ccccc2)n1C. The van der Waals surface area contributed by atoms with Gasteiger partial charge in [-0.25, -0.2) is 9.94 Å². The van der Waals surface area contributed by atoms with Gasteiger partial charge in [0.1, 0.15) is 11.4 Å². The first-order chi connectivity index (χ1) is 18.5. The predicted octanol–water partition coefficient (Wildman–Crippen LogP) is 4.44. The molecule has 0 unspecified atom stereocenters. The molecule has 2 aromatic carbocycles. The van der Waals surface area contributed by atoms with Gasteiger partial charge in [-0.3, -0.25) is 9.48 Å². The lowest BCUT2D eigenvalue weighted by Gasteiger charge is -2.35. The highest BCUT2D eigenvalue weighted by molar-refractivity contribution is 7.94. The Bertz CT molecular complexity index is 1220. The number of aromatic nitrogens is 2. The van der Waals surface area contributed by atoms with Crippen LogP contribution in [0.15, 0.2) is 59.4 Å². The van der Waals surface area contributed by atoms with Crippen LogP contribution in [0.3, 0.4) is 0 Å². The summed E-state index contributed by atoms with van der Waals surface area (Å²) in [5.74, 6) is 1.27. The lowest BCUT2D eigenvalue weighted by Crippen LogP contribution is -2.38. The average molecular weight is 563 g/mol. The van der Waals surface area contributed by atoms with Gasteiger partial charge in [0.25, 0.3) is 5.56 Å². The van der Waals surface area contributed by atoms with E-state index in [9.17, 15) is 9.90 Å². The summed E-state index contributed by atoms with van der Waals surface area (Å²) in [6.07, 6.45) is 0.690. The number of para-hydroxylation sites is 1. The number of ether oxygens (including phenoxy) is 1. The molecule has 0 bridgehead atoms. The van der Waals surface area contributed by atoms with E-state index in [0.717, 1.165) is 41.3 Å². The zero-order chi connectivity index (χ0) is 29.2. The first kappa shape index (κ1) is 32.4. The van der Waals surface area contributed by atoms with Crippen LogP contribution in [0.25, 0.3) is 5.69 Å². The Labute approximate surface area is 235 Å². The molecule has 3 rings (SSSR count). The Kier molecular flexibility index (Phi) is 12.6. The largest absolute Gasteiger partial charge is 0.497 e. The van der Waals surface area contributed by atoms with Crippen molar-refractivity contribution in [3.8, 4) is 11.4 Å². The van der Waals surface area contributed by atoms with Gasteiger partial charge in [-0.1, -0.05) is 49.2 Å². The number of methoxy groups -OCH3 is 1. The quantitative estimate of drug-likeness (QED) is 0.109. The fourth-order valence-corrected chi connectivity index (χ4v) is 4.98. The maximum Gasteiger partial charge on any atom is 0.295 e. The van der Waals surface area contributed by atoms with Gasteiger partial charge in [0.2, 0.25) is 0 Å². The second kappa shape index (κ2) is 15.1. The third-order valence-corrected chi connectivity index (χ3v) is 7.44. The summed E-state index contributed by atoms with van der Waals surface area (Å²) in [5, 5.41) is 22.6. The molecule has 0 fully saturated rings. The fourth-order valence-electron chi connectivity index (χ4n) is 4.61. The van der Waals surface area contributed by atoms with Crippen molar-refractivity contribution in [1.29, 1.82) is 0 Å². The number of rotatable bonds is 12. The molecule has 3 aromatic rings. The topological polar surface area (TPSA) is 102 Å². The van der Waals surface area contributed by atoms with Crippen molar-refractivity contribution < 1.29 is 24.5 Å². The number of nitrogens with zero attached hydrogens (tertiary/aromatic N) is 4. The molecule has 0 saturated carbocycles. The van der Waals surface area contributed by atoms with Gasteiger partial charge in [-0.2, -0.15) is 0 Å². The van der Waals surface area contributed by atoms with Gasteiger partial charge < -0.3 is 19.6 Å². The normalized spacial score (nSPS) is 13.4. The first-order valence-electron chi connectivity index (χ1n) is 12.7. The Balaban J connectivity index is 0.000000277. The molecule has 0 aliphatic carbocycles. The van der Waals surface area contributed by atoms with E-state index < -0.39 is 5.60 Å². The summed E-state index contributed by atoms with van der Waals surface area (Å²) >= 11 is 0.881. The van der Waals surface area contributed by atoms with Crippen molar-refractivity contribution >= 4 is 17.7 Å². The molecule has 0 saturated heterocycles. The summed E-state index contributed by atoms with van der Waals surface area (Å²) in [5.41, 5.74) is 2.20. The van der Waals surface area contributed by atoms with Crippen LogP contribution in [0.2, 0.25) is 0 Å². The van der Waals surface area contributed by atoms with E-state index in [0.29, 0.717) is 18.0 Å². The van der Waals surface area contributed by atoms with E-state index in [1.165, 1.54) is 0 Å². The molecule has 1 heterocycles. The molecule has 2 atom stereocenters. The smallest absolute Gasteiger partial charge is 0.295 e. The summed E-state index contributed by atoms with van der Waals surface area (Å²) in [7, 11) is 9.30. The molecular formula is C28H42N4O6S. The molecule has 0 spiro atoms. The van der Waals surface area contributed by atoms with Crippen LogP contribution in [-0.4, -0.2) is 65.3 Å². The van der Waals surface area contributed by atoms with E-state index in [1.807, 2.05) is 89.6 Å². The maximum absolute atomic E-state index is 12.7. The minimum atomic E-state index is -0.807. The Morgan fingerprint density at radius 2 is 1.77 bits per heavy atom. The molecule has 10 nitrogen and oxygen atoms in total. The molecule has 0 aliphatic rings. The number of benzene rings is 2. The summed E-state index contributed by atoms with van der Waals surface area (Å²) < 4.78 is 13.0. The predicted molar refractivity (Wildman–Crippen MR) is 156 cm³/mol. The van der Waals surface area contributed by atoms with Crippen molar-refractivity contribution in [2.24, 2.45) is 13.0 Å². The van der Waals surface area contributed by atoms with Crippen LogP contribution in [0.5, 0.6) is 5.75 Å². The zero-order valence-corrected chi connectivity index (χ0v) is 24.9. The van der Waals surface area contributed by atoms with Crippen LogP contribution in [0.4, 0.5) is 5.69 Å². The standard InChI is InChI=1S/C15H25NO2.C13H17N3O4S/c1-6-15(17,12(2)11-16(3)4)13-8-7-9-14(10-13)18-5;1-10-12(14(2)9-21-20-19-18)13(17)16(15(10)3)11-7-5-4-6-8-11/h7-10,12,17H,6,11H2,1-5H3;4-8,18H,9H2,1-3H3/t12-,15-;/m1./s1. The molecule has 0 radical (unpaired) electrons. The average Bonchev–Trinajstić information content (AvgIpc) is 3.16. The number of hydrogen-bond donors (Lipinski definition) is 2. The monoisotopic (exact) mass is 562 g/mol. The van der Waals surface area contributed by atoms with Gasteiger partial charge in [0.15, 0.2) is 0 Å². The van der Waals surface area contributed by atoms with E-state index >= 15 is 0 Å². The van der Waals surface area contributed by atoms with Crippen molar-refractivity contribution in [3.63, 3.8) is 0 Å².